The van der Waals surface area contributed by atoms with Gasteiger partial charge in [-0.25, -0.2) is 0 Å². The number of nitrogens with one attached hydrogen (secondary N) is 1. The number of ether oxygens (including phenoxy) is 1. The predicted molar refractivity (Wildman–Crippen MR) is 66.6 cm³/mol. The molecule has 3 atom stereocenters. The summed E-state index contributed by atoms with van der Waals surface area (Å²) in [6.45, 7) is 11.2. The van der Waals surface area contributed by atoms with Crippen molar-refractivity contribution in [1.29, 1.82) is 0 Å². The summed E-state index contributed by atoms with van der Waals surface area (Å²) < 4.78 is 5.51. The van der Waals surface area contributed by atoms with E-state index >= 15 is 0 Å². The Morgan fingerprint density at radius 2 is 2.25 bits per heavy atom. The lowest BCUT2D eigenvalue weighted by molar-refractivity contribution is 0.0733. The molecule has 2 saturated heterocycles. The van der Waals surface area contributed by atoms with E-state index in [2.05, 4.69) is 31.0 Å². The van der Waals surface area contributed by atoms with Crippen LogP contribution in [0.25, 0.3) is 0 Å². The van der Waals surface area contributed by atoms with E-state index in [1.165, 1.54) is 19.4 Å². The van der Waals surface area contributed by atoms with E-state index in [0.717, 1.165) is 25.7 Å². The summed E-state index contributed by atoms with van der Waals surface area (Å²) in [5.74, 6) is 0.785. The zero-order valence-electron chi connectivity index (χ0n) is 10.9. The third-order valence-electron chi connectivity index (χ3n) is 3.83. The van der Waals surface area contributed by atoms with E-state index in [1.54, 1.807) is 0 Å². The van der Waals surface area contributed by atoms with Gasteiger partial charge in [-0.05, 0) is 25.7 Å². The van der Waals surface area contributed by atoms with Crippen molar-refractivity contribution in [3.05, 3.63) is 0 Å². The second kappa shape index (κ2) is 5.48. The fraction of sp³-hybridized carbons (Fsp3) is 1.00. The average Bonchev–Trinajstić information content (AvgIpc) is 2.73. The SMILES string of the molecule is CC(C)CC1CN(C2CCOC2)C(C)CN1. The van der Waals surface area contributed by atoms with Crippen LogP contribution in [0.4, 0.5) is 0 Å². The van der Waals surface area contributed by atoms with Crippen molar-refractivity contribution in [2.45, 2.75) is 51.7 Å². The Bertz CT molecular complexity index is 214. The van der Waals surface area contributed by atoms with Crippen molar-refractivity contribution in [3.8, 4) is 0 Å². The number of rotatable bonds is 3. The van der Waals surface area contributed by atoms with Crippen LogP contribution < -0.4 is 5.32 Å². The summed E-state index contributed by atoms with van der Waals surface area (Å²) in [6, 6.07) is 2.01. The molecular weight excluding hydrogens is 200 g/mol. The Kier molecular flexibility index (Phi) is 4.22. The highest BCUT2D eigenvalue weighted by molar-refractivity contribution is 4.89. The van der Waals surface area contributed by atoms with Crippen molar-refractivity contribution < 1.29 is 4.74 Å². The van der Waals surface area contributed by atoms with Crippen LogP contribution in [-0.4, -0.2) is 49.3 Å². The summed E-state index contributed by atoms with van der Waals surface area (Å²) in [5.41, 5.74) is 0. The van der Waals surface area contributed by atoms with Gasteiger partial charge in [0.05, 0.1) is 6.61 Å². The third-order valence-corrected chi connectivity index (χ3v) is 3.83. The van der Waals surface area contributed by atoms with Crippen LogP contribution in [0.5, 0.6) is 0 Å². The molecule has 0 aromatic heterocycles. The highest BCUT2D eigenvalue weighted by Gasteiger charge is 2.32. The maximum Gasteiger partial charge on any atom is 0.0622 e. The van der Waals surface area contributed by atoms with E-state index in [1.807, 2.05) is 0 Å². The molecular formula is C13H26N2O. The van der Waals surface area contributed by atoms with Crippen LogP contribution in [0.3, 0.4) is 0 Å². The van der Waals surface area contributed by atoms with E-state index in [9.17, 15) is 0 Å². The molecule has 0 aromatic rings. The summed E-state index contributed by atoms with van der Waals surface area (Å²) in [7, 11) is 0. The summed E-state index contributed by atoms with van der Waals surface area (Å²) in [5, 5.41) is 3.67. The van der Waals surface area contributed by atoms with Gasteiger partial charge >= 0.3 is 0 Å². The minimum absolute atomic E-state index is 0.662. The Balaban J connectivity index is 1.89. The second-order valence-corrected chi connectivity index (χ2v) is 5.80. The van der Waals surface area contributed by atoms with Gasteiger partial charge in [-0.15, -0.1) is 0 Å². The molecule has 0 bridgehead atoms. The Morgan fingerprint density at radius 1 is 1.44 bits per heavy atom. The van der Waals surface area contributed by atoms with E-state index in [-0.39, 0.29) is 0 Å². The van der Waals surface area contributed by atoms with Gasteiger partial charge in [-0.3, -0.25) is 4.90 Å². The molecule has 16 heavy (non-hydrogen) atoms. The minimum atomic E-state index is 0.662. The zero-order valence-corrected chi connectivity index (χ0v) is 10.9. The first-order valence-electron chi connectivity index (χ1n) is 6.73. The van der Waals surface area contributed by atoms with Crippen molar-refractivity contribution in [3.63, 3.8) is 0 Å². The largest absolute Gasteiger partial charge is 0.380 e. The molecule has 2 rings (SSSR count). The van der Waals surface area contributed by atoms with Crippen molar-refractivity contribution in [2.24, 2.45) is 5.92 Å². The Hall–Kier alpha value is -0.120. The fourth-order valence-electron chi connectivity index (χ4n) is 2.97. The maximum absolute atomic E-state index is 5.51. The summed E-state index contributed by atoms with van der Waals surface area (Å²) in [4.78, 5) is 2.66. The molecule has 3 nitrogen and oxygen atoms in total. The monoisotopic (exact) mass is 226 g/mol. The van der Waals surface area contributed by atoms with E-state index < -0.39 is 0 Å². The highest BCUT2D eigenvalue weighted by atomic mass is 16.5. The molecule has 3 heteroatoms. The molecule has 94 valence electrons. The zero-order chi connectivity index (χ0) is 11.5. The van der Waals surface area contributed by atoms with Crippen LogP contribution in [0, 0.1) is 5.92 Å². The van der Waals surface area contributed by atoms with Crippen LogP contribution in [0.2, 0.25) is 0 Å². The molecule has 1 N–H and O–H groups in total. The second-order valence-electron chi connectivity index (χ2n) is 5.80. The molecule has 0 saturated carbocycles. The van der Waals surface area contributed by atoms with Gasteiger partial charge in [0, 0.05) is 37.8 Å². The molecule has 2 fully saturated rings. The number of nitrogens with zero attached hydrogens (tertiary/aromatic N) is 1. The molecule has 0 amide bonds. The van der Waals surface area contributed by atoms with Gasteiger partial charge in [0.1, 0.15) is 0 Å². The van der Waals surface area contributed by atoms with Crippen LogP contribution in [0.1, 0.15) is 33.6 Å². The molecule has 0 radical (unpaired) electrons. The smallest absolute Gasteiger partial charge is 0.0622 e. The fourth-order valence-corrected chi connectivity index (χ4v) is 2.97. The van der Waals surface area contributed by atoms with Crippen LogP contribution >= 0.6 is 0 Å². The normalized spacial score (nSPS) is 37.1. The van der Waals surface area contributed by atoms with Crippen molar-refractivity contribution >= 4 is 0 Å². The topological polar surface area (TPSA) is 24.5 Å². The summed E-state index contributed by atoms with van der Waals surface area (Å²) >= 11 is 0. The van der Waals surface area contributed by atoms with E-state index in [4.69, 9.17) is 4.74 Å². The van der Waals surface area contributed by atoms with Gasteiger partial charge in [0.25, 0.3) is 0 Å². The predicted octanol–water partition coefficient (Wildman–Crippen LogP) is 1.48. The molecule has 2 aliphatic rings. The lowest BCUT2D eigenvalue weighted by atomic mass is 9.98. The summed E-state index contributed by atoms with van der Waals surface area (Å²) in [6.07, 6.45) is 2.51. The lowest BCUT2D eigenvalue weighted by Crippen LogP contribution is -2.58. The molecule has 2 heterocycles. The van der Waals surface area contributed by atoms with Crippen LogP contribution in [-0.2, 0) is 4.74 Å². The Morgan fingerprint density at radius 3 is 2.88 bits per heavy atom. The Labute approximate surface area is 99.5 Å². The first kappa shape index (κ1) is 12.3. The lowest BCUT2D eigenvalue weighted by Gasteiger charge is -2.42. The first-order valence-corrected chi connectivity index (χ1v) is 6.73. The van der Waals surface area contributed by atoms with Gasteiger partial charge in [0.15, 0.2) is 0 Å². The minimum Gasteiger partial charge on any atom is -0.380 e. The maximum atomic E-state index is 5.51. The van der Waals surface area contributed by atoms with Gasteiger partial charge in [-0.2, -0.15) is 0 Å². The quantitative estimate of drug-likeness (QED) is 0.789. The van der Waals surface area contributed by atoms with Gasteiger partial charge in [-0.1, -0.05) is 13.8 Å². The number of hydrogen-bond donors (Lipinski definition) is 1. The van der Waals surface area contributed by atoms with Gasteiger partial charge in [0.2, 0.25) is 0 Å². The number of hydrogen-bond acceptors (Lipinski definition) is 3. The molecule has 2 aliphatic heterocycles. The molecule has 3 unspecified atom stereocenters. The molecule has 0 aromatic carbocycles. The molecule has 0 aliphatic carbocycles. The molecule has 0 spiro atoms. The first-order chi connectivity index (χ1) is 7.66. The van der Waals surface area contributed by atoms with Crippen molar-refractivity contribution in [1.82, 2.24) is 10.2 Å². The van der Waals surface area contributed by atoms with E-state index in [0.29, 0.717) is 18.1 Å². The standard InChI is InChI=1S/C13H26N2O/c1-10(2)6-12-8-15(11(3)7-14-12)13-4-5-16-9-13/h10-14H,4-9H2,1-3H3. The average molecular weight is 226 g/mol. The van der Waals surface area contributed by atoms with Gasteiger partial charge < -0.3 is 10.1 Å². The number of piperazine rings is 1. The highest BCUT2D eigenvalue weighted by Crippen LogP contribution is 2.20. The van der Waals surface area contributed by atoms with Crippen molar-refractivity contribution in [2.75, 3.05) is 26.3 Å². The third kappa shape index (κ3) is 2.96. The van der Waals surface area contributed by atoms with Crippen LogP contribution in [0.15, 0.2) is 0 Å².